The molecule has 1 aromatic heterocycles. The minimum atomic E-state index is 0. The Hall–Kier alpha value is -1.54. The molecule has 0 atom stereocenters. The molecule has 0 fully saturated rings. The van der Waals surface area contributed by atoms with Crippen molar-refractivity contribution in [3.05, 3.63) is 42.5 Å². The molecule has 0 saturated carbocycles. The van der Waals surface area contributed by atoms with Crippen LogP contribution in [-0.2, 0) is 0 Å². The maximum absolute atomic E-state index is 5.60. The lowest BCUT2D eigenvalue weighted by atomic mass is 10.1. The van der Waals surface area contributed by atoms with Crippen molar-refractivity contribution in [2.24, 2.45) is 0 Å². The van der Waals surface area contributed by atoms with Crippen LogP contribution in [0.15, 0.2) is 47.6 Å². The first-order chi connectivity index (χ1) is 11.7. The predicted molar refractivity (Wildman–Crippen MR) is 95.7 cm³/mol. The molecule has 0 N–H and O–H groups in total. The van der Waals surface area contributed by atoms with Crippen LogP contribution in [0, 0.1) is 0 Å². The normalized spacial score (nSPS) is 12.5. The number of rotatable bonds is 3. The van der Waals surface area contributed by atoms with Gasteiger partial charge in [-0.15, -0.1) is 0 Å². The van der Waals surface area contributed by atoms with Gasteiger partial charge >= 0.3 is 5.16 Å². The number of halogens is 1. The van der Waals surface area contributed by atoms with Crippen LogP contribution >= 0.6 is 11.8 Å². The Bertz CT molecular complexity index is 916. The van der Waals surface area contributed by atoms with Crippen LogP contribution < -0.4 is 38.0 Å². The summed E-state index contributed by atoms with van der Waals surface area (Å²) in [4.78, 5) is 4.97. The van der Waals surface area contributed by atoms with Crippen molar-refractivity contribution >= 4 is 22.7 Å². The summed E-state index contributed by atoms with van der Waals surface area (Å²) in [5.74, 6) is 1.59. The van der Waals surface area contributed by atoms with Crippen LogP contribution in [0.4, 0.5) is 0 Å². The third-order valence-corrected chi connectivity index (χ3v) is 4.82. The SMILES string of the molecule is CSc1nc(-c2ccccc2)c2cc3c(cc2[n+]1C(C)C)OCO3.[I-]. The van der Waals surface area contributed by atoms with Crippen molar-refractivity contribution in [2.75, 3.05) is 13.0 Å². The van der Waals surface area contributed by atoms with Crippen LogP contribution in [0.2, 0.25) is 0 Å². The van der Waals surface area contributed by atoms with Gasteiger partial charge in [0.1, 0.15) is 5.52 Å². The van der Waals surface area contributed by atoms with Gasteiger partial charge in [-0.05, 0) is 36.8 Å². The monoisotopic (exact) mass is 466 g/mol. The molecule has 25 heavy (non-hydrogen) atoms. The van der Waals surface area contributed by atoms with Crippen LogP contribution in [-0.4, -0.2) is 18.0 Å². The third-order valence-electron chi connectivity index (χ3n) is 4.17. The Balaban J connectivity index is 0.00000182. The standard InChI is InChI=1S/C19H19N2O2S.HI/c1-12(2)21-15-10-17-16(22-11-23-17)9-14(15)18(20-19(21)24-3)13-7-5-4-6-8-13;/h4-10,12H,11H2,1-3H3;1H/q+1;/p-1. The van der Waals surface area contributed by atoms with Gasteiger partial charge in [-0.3, -0.25) is 0 Å². The van der Waals surface area contributed by atoms with E-state index in [1.54, 1.807) is 11.8 Å². The summed E-state index contributed by atoms with van der Waals surface area (Å²) in [6, 6.07) is 14.7. The van der Waals surface area contributed by atoms with Gasteiger partial charge in [0.2, 0.25) is 6.79 Å². The first-order valence-electron chi connectivity index (χ1n) is 7.97. The molecule has 4 rings (SSSR count). The molecular weight excluding hydrogens is 447 g/mol. The zero-order chi connectivity index (χ0) is 16.7. The van der Waals surface area contributed by atoms with Crippen LogP contribution in [0.25, 0.3) is 22.2 Å². The fourth-order valence-electron chi connectivity index (χ4n) is 3.09. The number of aromatic nitrogens is 2. The van der Waals surface area contributed by atoms with Crippen molar-refractivity contribution in [2.45, 2.75) is 25.0 Å². The highest BCUT2D eigenvalue weighted by molar-refractivity contribution is 7.98. The predicted octanol–water partition coefficient (Wildman–Crippen LogP) is 1.22. The second-order valence-corrected chi connectivity index (χ2v) is 6.77. The minimum Gasteiger partial charge on any atom is -1.00 e. The fraction of sp³-hybridized carbons (Fsp3) is 0.263. The lowest BCUT2D eigenvalue weighted by Crippen LogP contribution is -3.00. The van der Waals surface area contributed by atoms with Gasteiger partial charge in [0.25, 0.3) is 0 Å². The fourth-order valence-corrected chi connectivity index (χ4v) is 3.78. The van der Waals surface area contributed by atoms with Crippen molar-refractivity contribution in [1.29, 1.82) is 0 Å². The summed E-state index contributed by atoms with van der Waals surface area (Å²) >= 11 is 1.66. The minimum absolute atomic E-state index is 0. The number of ether oxygens (including phenoxy) is 2. The van der Waals surface area contributed by atoms with E-state index in [0.717, 1.165) is 38.8 Å². The summed E-state index contributed by atoms with van der Waals surface area (Å²) < 4.78 is 13.4. The number of hydrogen-bond donors (Lipinski definition) is 0. The first kappa shape index (κ1) is 18.3. The second-order valence-electron chi connectivity index (χ2n) is 6.00. The number of thioether (sulfide) groups is 1. The Morgan fingerprint density at radius 3 is 2.40 bits per heavy atom. The van der Waals surface area contributed by atoms with Gasteiger partial charge in [0.15, 0.2) is 17.2 Å². The number of nitrogens with zero attached hydrogens (tertiary/aromatic N) is 2. The molecule has 0 saturated heterocycles. The molecule has 2 heterocycles. The molecule has 0 bridgehead atoms. The highest BCUT2D eigenvalue weighted by atomic mass is 127. The lowest BCUT2D eigenvalue weighted by molar-refractivity contribution is -0.730. The van der Waals surface area contributed by atoms with E-state index in [4.69, 9.17) is 14.5 Å². The summed E-state index contributed by atoms with van der Waals surface area (Å²) in [6.07, 6.45) is 2.06. The quantitative estimate of drug-likeness (QED) is 0.252. The molecule has 6 heteroatoms. The van der Waals surface area contributed by atoms with E-state index < -0.39 is 0 Å². The topological polar surface area (TPSA) is 35.2 Å². The van der Waals surface area contributed by atoms with E-state index in [-0.39, 0.29) is 30.8 Å². The van der Waals surface area contributed by atoms with Gasteiger partial charge in [-0.25, -0.2) is 4.57 Å². The second kappa shape index (κ2) is 7.37. The Labute approximate surface area is 168 Å². The molecule has 0 radical (unpaired) electrons. The van der Waals surface area contributed by atoms with Gasteiger partial charge < -0.3 is 33.5 Å². The Kier molecular flexibility index (Phi) is 5.38. The Morgan fingerprint density at radius 2 is 1.76 bits per heavy atom. The van der Waals surface area contributed by atoms with E-state index in [1.165, 1.54) is 0 Å². The zero-order valence-corrected chi connectivity index (χ0v) is 17.3. The molecule has 2 aromatic carbocycles. The number of hydrogen-bond acceptors (Lipinski definition) is 4. The smallest absolute Gasteiger partial charge is 0.360 e. The average molecular weight is 466 g/mol. The highest BCUT2D eigenvalue weighted by Gasteiger charge is 2.27. The van der Waals surface area contributed by atoms with E-state index in [1.807, 2.05) is 18.2 Å². The van der Waals surface area contributed by atoms with Gasteiger partial charge in [-0.2, -0.15) is 0 Å². The van der Waals surface area contributed by atoms with Crippen molar-refractivity contribution < 1.29 is 38.0 Å². The molecule has 4 nitrogen and oxygen atoms in total. The van der Waals surface area contributed by atoms with Gasteiger partial charge in [-0.1, -0.05) is 30.3 Å². The summed E-state index contributed by atoms with van der Waals surface area (Å²) in [5.41, 5.74) is 3.20. The number of benzene rings is 2. The van der Waals surface area contributed by atoms with E-state index in [9.17, 15) is 0 Å². The molecule has 130 valence electrons. The summed E-state index contributed by atoms with van der Waals surface area (Å²) in [5, 5.41) is 2.08. The van der Waals surface area contributed by atoms with E-state index in [0.29, 0.717) is 6.04 Å². The van der Waals surface area contributed by atoms with Crippen molar-refractivity contribution in [1.82, 2.24) is 4.98 Å². The Morgan fingerprint density at radius 1 is 1.08 bits per heavy atom. The third kappa shape index (κ3) is 3.17. The maximum Gasteiger partial charge on any atom is 0.360 e. The molecule has 3 aromatic rings. The highest BCUT2D eigenvalue weighted by Crippen LogP contribution is 2.38. The molecule has 0 unspecified atom stereocenters. The van der Waals surface area contributed by atoms with Crippen LogP contribution in [0.3, 0.4) is 0 Å². The van der Waals surface area contributed by atoms with Gasteiger partial charge in [0, 0.05) is 17.7 Å². The van der Waals surface area contributed by atoms with Crippen LogP contribution in [0.1, 0.15) is 19.9 Å². The lowest BCUT2D eigenvalue weighted by Gasteiger charge is -2.13. The van der Waals surface area contributed by atoms with E-state index >= 15 is 0 Å². The summed E-state index contributed by atoms with van der Waals surface area (Å²) in [7, 11) is 0. The van der Waals surface area contributed by atoms with Crippen LogP contribution in [0.5, 0.6) is 11.5 Å². The van der Waals surface area contributed by atoms with Crippen molar-refractivity contribution in [3.63, 3.8) is 0 Å². The zero-order valence-electron chi connectivity index (χ0n) is 14.3. The molecule has 0 amide bonds. The molecule has 0 aliphatic carbocycles. The summed E-state index contributed by atoms with van der Waals surface area (Å²) in [6.45, 7) is 4.62. The maximum atomic E-state index is 5.60. The molecular formula is C19H19IN2O2S. The van der Waals surface area contributed by atoms with E-state index in [2.05, 4.69) is 48.9 Å². The van der Waals surface area contributed by atoms with Crippen molar-refractivity contribution in [3.8, 4) is 22.8 Å². The van der Waals surface area contributed by atoms with Gasteiger partial charge in [0.05, 0.1) is 11.4 Å². The molecule has 1 aliphatic heterocycles. The molecule has 0 spiro atoms. The number of fused-ring (bicyclic) bond motifs is 2. The largest absolute Gasteiger partial charge is 1.00 e. The first-order valence-corrected chi connectivity index (χ1v) is 9.20. The molecule has 1 aliphatic rings. The average Bonchev–Trinajstić information content (AvgIpc) is 3.06.